The van der Waals surface area contributed by atoms with E-state index in [1.54, 1.807) is 12.1 Å². The molecule has 2 rings (SSSR count). The van der Waals surface area contributed by atoms with Gasteiger partial charge < -0.3 is 10.0 Å². The van der Waals surface area contributed by atoms with Gasteiger partial charge in [0.2, 0.25) is 0 Å². The SMILES string of the molecule is CC1(C)CCCN(c2ccc(C(=O)O)cn2)C1. The highest BCUT2D eigenvalue weighted by molar-refractivity contribution is 5.87. The summed E-state index contributed by atoms with van der Waals surface area (Å²) in [4.78, 5) is 17.2. The van der Waals surface area contributed by atoms with Crippen molar-refractivity contribution in [3.8, 4) is 0 Å². The molecule has 1 aromatic rings. The van der Waals surface area contributed by atoms with E-state index < -0.39 is 5.97 Å². The van der Waals surface area contributed by atoms with Gasteiger partial charge in [0.1, 0.15) is 5.82 Å². The van der Waals surface area contributed by atoms with Crippen molar-refractivity contribution in [2.24, 2.45) is 5.41 Å². The average molecular weight is 234 g/mol. The Morgan fingerprint density at radius 1 is 1.47 bits per heavy atom. The number of rotatable bonds is 2. The molecule has 0 saturated carbocycles. The molecule has 1 aromatic heterocycles. The zero-order valence-corrected chi connectivity index (χ0v) is 10.3. The molecule has 0 radical (unpaired) electrons. The highest BCUT2D eigenvalue weighted by Gasteiger charge is 2.26. The van der Waals surface area contributed by atoms with Crippen molar-refractivity contribution < 1.29 is 9.90 Å². The smallest absolute Gasteiger partial charge is 0.337 e. The van der Waals surface area contributed by atoms with Gasteiger partial charge in [-0.2, -0.15) is 0 Å². The molecule has 17 heavy (non-hydrogen) atoms. The van der Waals surface area contributed by atoms with Crippen LogP contribution in [0.2, 0.25) is 0 Å². The fraction of sp³-hybridized carbons (Fsp3) is 0.538. The lowest BCUT2D eigenvalue weighted by molar-refractivity contribution is 0.0696. The van der Waals surface area contributed by atoms with Crippen LogP contribution in [0.4, 0.5) is 5.82 Å². The highest BCUT2D eigenvalue weighted by atomic mass is 16.4. The fourth-order valence-corrected chi connectivity index (χ4v) is 2.32. The first-order valence-electron chi connectivity index (χ1n) is 5.92. The van der Waals surface area contributed by atoms with Crippen LogP contribution in [0.15, 0.2) is 18.3 Å². The summed E-state index contributed by atoms with van der Waals surface area (Å²) in [5, 5.41) is 8.82. The number of carboxylic acids is 1. The molecule has 0 amide bonds. The summed E-state index contributed by atoms with van der Waals surface area (Å²) in [6, 6.07) is 3.41. The number of hydrogen-bond acceptors (Lipinski definition) is 3. The maximum atomic E-state index is 10.7. The minimum absolute atomic E-state index is 0.241. The maximum Gasteiger partial charge on any atom is 0.337 e. The van der Waals surface area contributed by atoms with E-state index in [1.165, 1.54) is 12.6 Å². The van der Waals surface area contributed by atoms with Crippen molar-refractivity contribution in [3.05, 3.63) is 23.9 Å². The Hall–Kier alpha value is -1.58. The molecule has 2 heterocycles. The van der Waals surface area contributed by atoms with Gasteiger partial charge in [0.05, 0.1) is 5.56 Å². The van der Waals surface area contributed by atoms with Crippen molar-refractivity contribution in [3.63, 3.8) is 0 Å². The lowest BCUT2D eigenvalue weighted by Gasteiger charge is -2.38. The summed E-state index contributed by atoms with van der Waals surface area (Å²) < 4.78 is 0. The number of anilines is 1. The molecule has 1 saturated heterocycles. The van der Waals surface area contributed by atoms with Crippen LogP contribution in [0.3, 0.4) is 0 Å². The van der Waals surface area contributed by atoms with Gasteiger partial charge >= 0.3 is 5.97 Å². The second kappa shape index (κ2) is 4.35. The Bertz CT molecular complexity index is 412. The van der Waals surface area contributed by atoms with Gasteiger partial charge in [-0.1, -0.05) is 13.8 Å². The zero-order valence-electron chi connectivity index (χ0n) is 10.3. The Morgan fingerprint density at radius 3 is 2.76 bits per heavy atom. The van der Waals surface area contributed by atoms with Gasteiger partial charge in [-0.3, -0.25) is 0 Å². The zero-order chi connectivity index (χ0) is 12.5. The molecule has 1 aliphatic rings. The van der Waals surface area contributed by atoms with Crippen LogP contribution in [0.5, 0.6) is 0 Å². The van der Waals surface area contributed by atoms with Crippen LogP contribution in [0, 0.1) is 5.41 Å². The van der Waals surface area contributed by atoms with Crippen molar-refractivity contribution in [2.75, 3.05) is 18.0 Å². The Kier molecular flexibility index (Phi) is 3.05. The van der Waals surface area contributed by atoms with E-state index in [2.05, 4.69) is 23.7 Å². The minimum atomic E-state index is -0.928. The maximum absolute atomic E-state index is 10.7. The van der Waals surface area contributed by atoms with Gasteiger partial charge in [0, 0.05) is 19.3 Å². The molecular formula is C13H18N2O2. The number of aromatic carboxylic acids is 1. The summed E-state index contributed by atoms with van der Waals surface area (Å²) in [5.41, 5.74) is 0.552. The summed E-state index contributed by atoms with van der Waals surface area (Å²) in [6.45, 7) is 6.49. The third kappa shape index (κ3) is 2.75. The topological polar surface area (TPSA) is 53.4 Å². The number of hydrogen-bond donors (Lipinski definition) is 1. The molecule has 0 bridgehead atoms. The molecule has 1 aliphatic heterocycles. The van der Waals surface area contributed by atoms with Crippen molar-refractivity contribution in [1.29, 1.82) is 0 Å². The molecule has 0 atom stereocenters. The van der Waals surface area contributed by atoms with Gasteiger partial charge in [-0.25, -0.2) is 9.78 Å². The number of carboxylic acid groups (broad SMARTS) is 1. The lowest BCUT2D eigenvalue weighted by Crippen LogP contribution is -2.40. The number of nitrogens with zero attached hydrogens (tertiary/aromatic N) is 2. The third-order valence-corrected chi connectivity index (χ3v) is 3.22. The van der Waals surface area contributed by atoms with E-state index in [0.29, 0.717) is 5.41 Å². The molecule has 1 fully saturated rings. The van der Waals surface area contributed by atoms with Crippen LogP contribution in [-0.4, -0.2) is 29.1 Å². The van der Waals surface area contributed by atoms with Crippen LogP contribution in [-0.2, 0) is 0 Å². The first kappa shape index (κ1) is 11.9. The largest absolute Gasteiger partial charge is 0.478 e. The second-order valence-electron chi connectivity index (χ2n) is 5.40. The Labute approximate surface area is 101 Å². The van der Waals surface area contributed by atoms with Crippen molar-refractivity contribution in [2.45, 2.75) is 26.7 Å². The third-order valence-electron chi connectivity index (χ3n) is 3.22. The molecule has 4 heteroatoms. The minimum Gasteiger partial charge on any atom is -0.478 e. The average Bonchev–Trinajstić information content (AvgIpc) is 2.28. The summed E-state index contributed by atoms with van der Waals surface area (Å²) >= 11 is 0. The van der Waals surface area contributed by atoms with Gasteiger partial charge in [-0.15, -0.1) is 0 Å². The van der Waals surface area contributed by atoms with E-state index in [-0.39, 0.29) is 5.56 Å². The van der Waals surface area contributed by atoms with Gasteiger partial charge in [-0.05, 0) is 30.4 Å². The molecule has 0 unspecified atom stereocenters. The molecule has 92 valence electrons. The van der Waals surface area contributed by atoms with Crippen molar-refractivity contribution >= 4 is 11.8 Å². The number of pyridine rings is 1. The standard InChI is InChI=1S/C13H18N2O2/c1-13(2)6-3-7-15(9-13)11-5-4-10(8-14-11)12(16)17/h4-5,8H,3,6-7,9H2,1-2H3,(H,16,17). The van der Waals surface area contributed by atoms with E-state index in [0.717, 1.165) is 25.3 Å². The monoisotopic (exact) mass is 234 g/mol. The van der Waals surface area contributed by atoms with Crippen LogP contribution < -0.4 is 4.90 Å². The quantitative estimate of drug-likeness (QED) is 0.853. The lowest BCUT2D eigenvalue weighted by atomic mass is 9.84. The number of aromatic nitrogens is 1. The molecule has 0 spiro atoms. The van der Waals surface area contributed by atoms with Crippen LogP contribution >= 0.6 is 0 Å². The van der Waals surface area contributed by atoms with Gasteiger partial charge in [0.15, 0.2) is 0 Å². The van der Waals surface area contributed by atoms with Crippen LogP contribution in [0.1, 0.15) is 37.0 Å². The molecular weight excluding hydrogens is 216 g/mol. The number of carbonyl (C=O) groups is 1. The number of piperidine rings is 1. The molecule has 1 N–H and O–H groups in total. The Morgan fingerprint density at radius 2 is 2.24 bits per heavy atom. The normalized spacial score (nSPS) is 19.1. The molecule has 4 nitrogen and oxygen atoms in total. The molecule has 0 aliphatic carbocycles. The van der Waals surface area contributed by atoms with Crippen molar-refractivity contribution in [1.82, 2.24) is 4.98 Å². The van der Waals surface area contributed by atoms with Gasteiger partial charge in [0.25, 0.3) is 0 Å². The Balaban J connectivity index is 2.14. The summed E-state index contributed by atoms with van der Waals surface area (Å²) in [5.74, 6) is -0.0502. The second-order valence-corrected chi connectivity index (χ2v) is 5.40. The van der Waals surface area contributed by atoms with E-state index in [1.807, 2.05) is 0 Å². The van der Waals surface area contributed by atoms with E-state index in [9.17, 15) is 4.79 Å². The van der Waals surface area contributed by atoms with E-state index in [4.69, 9.17) is 5.11 Å². The fourth-order valence-electron chi connectivity index (χ4n) is 2.32. The predicted molar refractivity (Wildman–Crippen MR) is 66.4 cm³/mol. The molecule has 0 aromatic carbocycles. The first-order valence-corrected chi connectivity index (χ1v) is 5.92. The van der Waals surface area contributed by atoms with Crippen LogP contribution in [0.25, 0.3) is 0 Å². The predicted octanol–water partition coefficient (Wildman–Crippen LogP) is 2.41. The van der Waals surface area contributed by atoms with E-state index >= 15 is 0 Å². The summed E-state index contributed by atoms with van der Waals surface area (Å²) in [6.07, 6.45) is 3.82. The summed E-state index contributed by atoms with van der Waals surface area (Å²) in [7, 11) is 0. The first-order chi connectivity index (χ1) is 7.98. The highest BCUT2D eigenvalue weighted by Crippen LogP contribution is 2.30.